The van der Waals surface area contributed by atoms with Gasteiger partial charge in [0, 0.05) is 18.4 Å². The van der Waals surface area contributed by atoms with Crippen LogP contribution in [0, 0.1) is 40.4 Å². The van der Waals surface area contributed by atoms with Crippen LogP contribution in [0.4, 0.5) is 0 Å². The SMILES string of the molecule is CN(C)CC1C[C@@H]2[C@H](CC[C@]3(C)C(=O)CC[C@@H]23)[C@@]2(C)CCCC[C@H]12. The van der Waals surface area contributed by atoms with Gasteiger partial charge in [0.05, 0.1) is 0 Å². The van der Waals surface area contributed by atoms with Crippen LogP contribution in [0.5, 0.6) is 0 Å². The van der Waals surface area contributed by atoms with E-state index < -0.39 is 0 Å². The van der Waals surface area contributed by atoms with E-state index in [2.05, 4.69) is 32.8 Å². The van der Waals surface area contributed by atoms with Crippen LogP contribution in [0.2, 0.25) is 0 Å². The third kappa shape index (κ3) is 2.35. The van der Waals surface area contributed by atoms with Gasteiger partial charge < -0.3 is 4.90 Å². The van der Waals surface area contributed by atoms with Crippen LogP contribution in [0.3, 0.4) is 0 Å². The van der Waals surface area contributed by atoms with Gasteiger partial charge >= 0.3 is 0 Å². The lowest BCUT2D eigenvalue weighted by Crippen LogP contribution is -2.56. The van der Waals surface area contributed by atoms with Crippen LogP contribution in [-0.2, 0) is 4.79 Å². The van der Waals surface area contributed by atoms with Gasteiger partial charge in [-0.05, 0) is 87.6 Å². The van der Waals surface area contributed by atoms with Crippen molar-refractivity contribution in [2.45, 2.75) is 71.6 Å². The van der Waals surface area contributed by atoms with Crippen molar-refractivity contribution in [1.29, 1.82) is 0 Å². The molecule has 0 radical (unpaired) electrons. The van der Waals surface area contributed by atoms with E-state index in [9.17, 15) is 4.79 Å². The lowest BCUT2D eigenvalue weighted by atomic mass is 9.43. The minimum atomic E-state index is 0.0295. The summed E-state index contributed by atoms with van der Waals surface area (Å²) in [6.45, 7) is 6.22. The molecule has 4 fully saturated rings. The van der Waals surface area contributed by atoms with Crippen molar-refractivity contribution in [3.63, 3.8) is 0 Å². The predicted molar refractivity (Wildman–Crippen MR) is 98.8 cm³/mol. The molecule has 0 heterocycles. The predicted octanol–water partition coefficient (Wildman–Crippen LogP) is 4.78. The number of nitrogens with zero attached hydrogens (tertiary/aromatic N) is 1. The minimum Gasteiger partial charge on any atom is -0.309 e. The Bertz CT molecular complexity index is 514. The zero-order chi connectivity index (χ0) is 17.1. The molecular weight excluding hydrogens is 294 g/mol. The quantitative estimate of drug-likeness (QED) is 0.726. The smallest absolute Gasteiger partial charge is 0.139 e. The van der Waals surface area contributed by atoms with Crippen molar-refractivity contribution in [2.75, 3.05) is 20.6 Å². The summed E-state index contributed by atoms with van der Waals surface area (Å²) in [5.74, 6) is 4.77. The van der Waals surface area contributed by atoms with Gasteiger partial charge in [-0.25, -0.2) is 0 Å². The fourth-order valence-corrected chi connectivity index (χ4v) is 8.01. The molecule has 136 valence electrons. The minimum absolute atomic E-state index is 0.0295. The summed E-state index contributed by atoms with van der Waals surface area (Å²) in [5.41, 5.74) is 0.580. The van der Waals surface area contributed by atoms with E-state index in [1.165, 1.54) is 57.9 Å². The number of rotatable bonds is 2. The summed E-state index contributed by atoms with van der Waals surface area (Å²) in [4.78, 5) is 15.0. The third-order valence-electron chi connectivity index (χ3n) is 9.06. The van der Waals surface area contributed by atoms with Gasteiger partial charge in [0.15, 0.2) is 0 Å². The number of carbonyl (C=O) groups is 1. The monoisotopic (exact) mass is 331 g/mol. The molecular formula is C22H37NO. The van der Waals surface area contributed by atoms with Gasteiger partial charge in [-0.3, -0.25) is 4.79 Å². The summed E-state index contributed by atoms with van der Waals surface area (Å²) in [6.07, 6.45) is 11.7. The fourth-order valence-electron chi connectivity index (χ4n) is 8.01. The number of Topliss-reactive ketones (excluding diaryl/α,β-unsaturated/α-hetero) is 1. The number of hydrogen-bond acceptors (Lipinski definition) is 2. The number of hydrogen-bond donors (Lipinski definition) is 0. The molecule has 0 aromatic carbocycles. The molecule has 4 aliphatic rings. The Hall–Kier alpha value is -0.370. The van der Waals surface area contributed by atoms with Gasteiger partial charge in [0.1, 0.15) is 5.78 Å². The normalized spacial score (nSPS) is 51.2. The zero-order valence-corrected chi connectivity index (χ0v) is 16.3. The van der Waals surface area contributed by atoms with Gasteiger partial charge in [0.2, 0.25) is 0 Å². The van der Waals surface area contributed by atoms with Crippen LogP contribution >= 0.6 is 0 Å². The maximum absolute atomic E-state index is 12.6. The molecule has 0 amide bonds. The highest BCUT2D eigenvalue weighted by Crippen LogP contribution is 2.66. The Morgan fingerprint density at radius 1 is 1.00 bits per heavy atom. The average molecular weight is 332 g/mol. The van der Waals surface area contributed by atoms with Crippen molar-refractivity contribution in [3.05, 3.63) is 0 Å². The Morgan fingerprint density at radius 2 is 1.79 bits per heavy atom. The lowest BCUT2D eigenvalue weighted by molar-refractivity contribution is -0.147. The molecule has 0 N–H and O–H groups in total. The highest BCUT2D eigenvalue weighted by atomic mass is 16.1. The first-order chi connectivity index (χ1) is 11.4. The molecule has 0 aromatic rings. The Balaban J connectivity index is 1.68. The summed E-state index contributed by atoms with van der Waals surface area (Å²) >= 11 is 0. The first-order valence-electron chi connectivity index (χ1n) is 10.5. The molecule has 0 bridgehead atoms. The Kier molecular flexibility index (Phi) is 4.14. The van der Waals surface area contributed by atoms with Gasteiger partial charge in [-0.15, -0.1) is 0 Å². The van der Waals surface area contributed by atoms with Crippen molar-refractivity contribution in [1.82, 2.24) is 4.90 Å². The summed E-state index contributed by atoms with van der Waals surface area (Å²) in [5, 5.41) is 0. The molecule has 0 spiro atoms. The second kappa shape index (κ2) is 5.83. The molecule has 4 saturated carbocycles. The number of carbonyl (C=O) groups excluding carboxylic acids is 1. The van der Waals surface area contributed by atoms with Crippen LogP contribution < -0.4 is 0 Å². The Labute approximate surface area is 148 Å². The molecule has 7 atom stereocenters. The van der Waals surface area contributed by atoms with Crippen molar-refractivity contribution >= 4 is 5.78 Å². The van der Waals surface area contributed by atoms with E-state index in [-0.39, 0.29) is 5.41 Å². The average Bonchev–Trinajstić information content (AvgIpc) is 2.82. The molecule has 2 heteroatoms. The summed E-state index contributed by atoms with van der Waals surface area (Å²) in [7, 11) is 4.49. The van der Waals surface area contributed by atoms with Gasteiger partial charge in [-0.2, -0.15) is 0 Å². The van der Waals surface area contributed by atoms with Crippen LogP contribution in [0.1, 0.15) is 71.6 Å². The Morgan fingerprint density at radius 3 is 2.54 bits per heavy atom. The first-order valence-corrected chi connectivity index (χ1v) is 10.5. The molecule has 0 aromatic heterocycles. The van der Waals surface area contributed by atoms with Crippen LogP contribution in [0.25, 0.3) is 0 Å². The van der Waals surface area contributed by atoms with E-state index >= 15 is 0 Å². The van der Waals surface area contributed by atoms with Gasteiger partial charge in [0.25, 0.3) is 0 Å². The van der Waals surface area contributed by atoms with Gasteiger partial charge in [-0.1, -0.05) is 26.7 Å². The molecule has 2 nitrogen and oxygen atoms in total. The molecule has 1 unspecified atom stereocenters. The largest absolute Gasteiger partial charge is 0.309 e. The third-order valence-corrected chi connectivity index (χ3v) is 9.06. The molecule has 4 rings (SSSR count). The fraction of sp³-hybridized carbons (Fsp3) is 0.955. The maximum Gasteiger partial charge on any atom is 0.139 e. The molecule has 4 aliphatic carbocycles. The number of fused-ring (bicyclic) bond motifs is 5. The highest BCUT2D eigenvalue weighted by Gasteiger charge is 2.61. The maximum atomic E-state index is 12.6. The molecule has 0 saturated heterocycles. The van der Waals surface area contributed by atoms with E-state index in [1.54, 1.807) is 0 Å². The lowest BCUT2D eigenvalue weighted by Gasteiger charge is -2.62. The first kappa shape index (κ1) is 17.1. The van der Waals surface area contributed by atoms with E-state index in [4.69, 9.17) is 0 Å². The van der Waals surface area contributed by atoms with Crippen LogP contribution in [0.15, 0.2) is 0 Å². The van der Waals surface area contributed by atoms with E-state index in [0.717, 1.165) is 30.1 Å². The summed E-state index contributed by atoms with van der Waals surface area (Å²) < 4.78 is 0. The second-order valence-electron chi connectivity index (χ2n) is 10.4. The molecule has 24 heavy (non-hydrogen) atoms. The van der Waals surface area contributed by atoms with Crippen molar-refractivity contribution in [2.24, 2.45) is 40.4 Å². The standard InChI is InChI=1S/C22H37NO/c1-21-11-6-5-7-17(21)15(14-23(3)4)13-16-18-8-9-20(24)22(18,2)12-10-19(16)21/h15-19H,5-14H2,1-4H3/t15?,16-,17+,18-,19-,21-,22-/m0/s1. The van der Waals surface area contributed by atoms with Crippen LogP contribution in [-0.4, -0.2) is 31.3 Å². The van der Waals surface area contributed by atoms with Crippen molar-refractivity contribution in [3.8, 4) is 0 Å². The second-order valence-corrected chi connectivity index (χ2v) is 10.4. The molecule has 0 aliphatic heterocycles. The van der Waals surface area contributed by atoms with E-state index in [0.29, 0.717) is 17.1 Å². The van der Waals surface area contributed by atoms with E-state index in [1.807, 2.05) is 0 Å². The zero-order valence-electron chi connectivity index (χ0n) is 16.3. The summed E-state index contributed by atoms with van der Waals surface area (Å²) in [6, 6.07) is 0. The highest BCUT2D eigenvalue weighted by molar-refractivity contribution is 5.87. The number of ketones is 1. The van der Waals surface area contributed by atoms with Crippen molar-refractivity contribution < 1.29 is 4.79 Å². The topological polar surface area (TPSA) is 20.3 Å².